The van der Waals surface area contributed by atoms with Crippen molar-refractivity contribution in [1.29, 1.82) is 0 Å². The van der Waals surface area contributed by atoms with E-state index in [4.69, 9.17) is 14.2 Å². The van der Waals surface area contributed by atoms with Crippen LogP contribution in [0.3, 0.4) is 0 Å². The molecule has 0 saturated heterocycles. The van der Waals surface area contributed by atoms with Gasteiger partial charge >= 0.3 is 17.9 Å². The Morgan fingerprint density at radius 3 is 0.735 bits per heavy atom. The van der Waals surface area contributed by atoms with Crippen LogP contribution in [0.15, 0.2) is 109 Å². The summed E-state index contributed by atoms with van der Waals surface area (Å²) in [6.45, 7) is 6.54. The fraction of sp³-hybridized carbons (Fsp3) is 0.727. The quantitative estimate of drug-likeness (QED) is 0.0261. The maximum atomic E-state index is 13.0. The molecule has 83 heavy (non-hydrogen) atoms. The summed E-state index contributed by atoms with van der Waals surface area (Å²) in [7, 11) is 0. The van der Waals surface area contributed by atoms with E-state index >= 15 is 0 Å². The van der Waals surface area contributed by atoms with E-state index in [1.807, 2.05) is 0 Å². The zero-order chi connectivity index (χ0) is 59.9. The summed E-state index contributed by atoms with van der Waals surface area (Å²) in [6, 6.07) is 0. The van der Waals surface area contributed by atoms with Crippen molar-refractivity contribution in [1.82, 2.24) is 0 Å². The van der Waals surface area contributed by atoms with Crippen LogP contribution < -0.4 is 0 Å². The highest BCUT2D eigenvalue weighted by Crippen LogP contribution is 2.17. The van der Waals surface area contributed by atoms with Gasteiger partial charge in [0.25, 0.3) is 0 Å². The minimum absolute atomic E-state index is 0.0837. The number of unbranched alkanes of at least 4 members (excludes halogenated alkanes) is 35. The molecule has 0 aromatic carbocycles. The Labute approximate surface area is 514 Å². The van der Waals surface area contributed by atoms with Crippen LogP contribution in [0.1, 0.15) is 342 Å². The maximum absolute atomic E-state index is 13.0. The monoisotopic (exact) mass is 1150 g/mol. The lowest BCUT2D eigenvalue weighted by Crippen LogP contribution is -2.30. The Hall–Kier alpha value is -3.93. The van der Waals surface area contributed by atoms with Crippen LogP contribution >= 0.6 is 0 Å². The lowest BCUT2D eigenvalue weighted by molar-refractivity contribution is -0.167. The molecule has 0 bridgehead atoms. The summed E-state index contributed by atoms with van der Waals surface area (Å²) in [4.78, 5) is 38.5. The van der Waals surface area contributed by atoms with E-state index in [-0.39, 0.29) is 31.1 Å². The number of allylic oxidation sites excluding steroid dienone is 18. The largest absolute Gasteiger partial charge is 0.462 e. The van der Waals surface area contributed by atoms with E-state index in [0.29, 0.717) is 19.3 Å². The Bertz CT molecular complexity index is 1660. The molecule has 0 heterocycles. The number of carbonyl (C=O) groups is 3. The number of hydrogen-bond donors (Lipinski definition) is 0. The van der Waals surface area contributed by atoms with Crippen molar-refractivity contribution in [2.75, 3.05) is 13.2 Å². The maximum Gasteiger partial charge on any atom is 0.306 e. The highest BCUT2D eigenvalue weighted by molar-refractivity contribution is 5.71. The summed E-state index contributed by atoms with van der Waals surface area (Å²) >= 11 is 0. The Morgan fingerprint density at radius 1 is 0.253 bits per heavy atom. The van der Waals surface area contributed by atoms with Crippen molar-refractivity contribution in [2.45, 2.75) is 348 Å². The molecule has 1 unspecified atom stereocenters. The van der Waals surface area contributed by atoms with Crippen LogP contribution in [-0.4, -0.2) is 37.2 Å². The van der Waals surface area contributed by atoms with Gasteiger partial charge in [-0.05, 0) is 109 Å². The second kappa shape index (κ2) is 70.6. The number of rotatable bonds is 64. The highest BCUT2D eigenvalue weighted by atomic mass is 16.6. The van der Waals surface area contributed by atoms with Gasteiger partial charge in [-0.2, -0.15) is 0 Å². The van der Waals surface area contributed by atoms with Crippen molar-refractivity contribution in [2.24, 2.45) is 0 Å². The van der Waals surface area contributed by atoms with Gasteiger partial charge in [-0.3, -0.25) is 14.4 Å². The van der Waals surface area contributed by atoms with Crippen LogP contribution in [-0.2, 0) is 28.6 Å². The first kappa shape index (κ1) is 79.1. The zero-order valence-electron chi connectivity index (χ0n) is 54.7. The molecule has 0 aromatic rings. The first-order valence-corrected chi connectivity index (χ1v) is 35.4. The first-order valence-electron chi connectivity index (χ1n) is 35.4. The van der Waals surface area contributed by atoms with Gasteiger partial charge in [-0.25, -0.2) is 0 Å². The molecule has 1 atom stereocenters. The summed E-state index contributed by atoms with van der Waals surface area (Å²) < 4.78 is 17.0. The summed E-state index contributed by atoms with van der Waals surface area (Å²) in [5, 5.41) is 0. The second-order valence-electron chi connectivity index (χ2n) is 23.4. The van der Waals surface area contributed by atoms with E-state index in [2.05, 4.69) is 130 Å². The number of carbonyl (C=O) groups excluding carboxylic acids is 3. The molecule has 0 fully saturated rings. The van der Waals surface area contributed by atoms with Crippen molar-refractivity contribution >= 4 is 17.9 Å². The third kappa shape index (κ3) is 68.7. The third-order valence-corrected chi connectivity index (χ3v) is 15.3. The number of ether oxygens (including phenoxy) is 3. The average Bonchev–Trinajstić information content (AvgIpc) is 3.49. The Morgan fingerprint density at radius 2 is 0.470 bits per heavy atom. The molecule has 6 nitrogen and oxygen atoms in total. The van der Waals surface area contributed by atoms with Crippen molar-refractivity contribution in [3.05, 3.63) is 109 Å². The van der Waals surface area contributed by atoms with Crippen molar-refractivity contribution in [3.8, 4) is 0 Å². The fourth-order valence-corrected chi connectivity index (χ4v) is 9.99. The molecule has 0 radical (unpaired) electrons. The minimum Gasteiger partial charge on any atom is -0.462 e. The van der Waals surface area contributed by atoms with Crippen LogP contribution in [0, 0.1) is 0 Å². The average molecular weight is 1150 g/mol. The van der Waals surface area contributed by atoms with Gasteiger partial charge in [0.15, 0.2) is 6.10 Å². The summed E-state index contributed by atoms with van der Waals surface area (Å²) in [5.74, 6) is -0.892. The van der Waals surface area contributed by atoms with Gasteiger partial charge in [0.1, 0.15) is 13.2 Å². The summed E-state index contributed by atoms with van der Waals surface area (Å²) in [5.41, 5.74) is 0. The number of esters is 3. The smallest absolute Gasteiger partial charge is 0.306 e. The highest BCUT2D eigenvalue weighted by Gasteiger charge is 2.19. The molecular weight excluding hydrogens is 1020 g/mol. The van der Waals surface area contributed by atoms with Crippen LogP contribution in [0.4, 0.5) is 0 Å². The van der Waals surface area contributed by atoms with Gasteiger partial charge < -0.3 is 14.2 Å². The molecule has 0 aliphatic rings. The second-order valence-corrected chi connectivity index (χ2v) is 23.4. The normalized spacial score (nSPS) is 12.8. The molecule has 0 saturated carbocycles. The van der Waals surface area contributed by atoms with Gasteiger partial charge in [0, 0.05) is 19.3 Å². The molecule has 476 valence electrons. The Balaban J connectivity index is 4.41. The third-order valence-electron chi connectivity index (χ3n) is 15.3. The van der Waals surface area contributed by atoms with Gasteiger partial charge in [0.2, 0.25) is 0 Å². The summed E-state index contributed by atoms with van der Waals surface area (Å²) in [6.07, 6.45) is 96.7. The van der Waals surface area contributed by atoms with E-state index in [0.717, 1.165) is 128 Å². The predicted octanol–water partition coefficient (Wildman–Crippen LogP) is 24.6. The molecule has 0 spiro atoms. The minimum atomic E-state index is -0.791. The molecule has 0 N–H and O–H groups in total. The van der Waals surface area contributed by atoms with Crippen LogP contribution in [0.5, 0.6) is 0 Å². The van der Waals surface area contributed by atoms with E-state index in [1.165, 1.54) is 173 Å². The van der Waals surface area contributed by atoms with Crippen LogP contribution in [0.2, 0.25) is 0 Å². The molecule has 0 aliphatic carbocycles. The van der Waals surface area contributed by atoms with Crippen LogP contribution in [0.25, 0.3) is 0 Å². The fourth-order valence-electron chi connectivity index (χ4n) is 9.99. The van der Waals surface area contributed by atoms with Crippen molar-refractivity contribution in [3.63, 3.8) is 0 Å². The van der Waals surface area contributed by atoms with Gasteiger partial charge in [-0.15, -0.1) is 0 Å². The van der Waals surface area contributed by atoms with Gasteiger partial charge in [-0.1, -0.05) is 323 Å². The lowest BCUT2D eigenvalue weighted by atomic mass is 10.0. The zero-order valence-corrected chi connectivity index (χ0v) is 54.7. The molecule has 0 aliphatic heterocycles. The van der Waals surface area contributed by atoms with Crippen molar-refractivity contribution < 1.29 is 28.6 Å². The predicted molar refractivity (Wildman–Crippen MR) is 362 cm³/mol. The lowest BCUT2D eigenvalue weighted by Gasteiger charge is -2.18. The van der Waals surface area contributed by atoms with E-state index in [1.54, 1.807) is 0 Å². The Kier molecular flexibility index (Phi) is 67.2. The molecular formula is C77H132O6. The molecule has 6 heteroatoms. The van der Waals surface area contributed by atoms with E-state index in [9.17, 15) is 14.4 Å². The SMILES string of the molecule is CC/C=C\C/C=C\C/C=C\C/C=C\C/C=C\C/C=C\C/C=C\CCCCCCCC(=O)OCC(COC(=O)CCCCCCCCCCCCCCCCCCC)OC(=O)CCCCCCCCCCC/C=C\C/C=C\CCCCCCC. The first-order chi connectivity index (χ1) is 41.0. The topological polar surface area (TPSA) is 78.9 Å². The molecule has 0 amide bonds. The van der Waals surface area contributed by atoms with Gasteiger partial charge in [0.05, 0.1) is 0 Å². The van der Waals surface area contributed by atoms with E-state index < -0.39 is 6.10 Å². The molecule has 0 aromatic heterocycles. The molecule has 0 rings (SSSR count). The standard InChI is InChI=1S/C77H132O6/c1-4-7-10-13-16-19-22-25-28-31-33-35-36-37-38-39-40-42-43-46-49-52-55-58-61-64-67-70-76(79)82-73-74(72-81-75(78)69-66-63-60-57-54-51-48-45-30-27-24-21-18-15-12-9-6-3)83-77(80)71-68-65-62-59-56-53-50-47-44-41-34-32-29-26-23-20-17-14-11-8-5-2/h7,10,16,19,23,25-26,28,32-35,37-38,40,42,46,49,74H,4-6,8-9,11-15,17-18,20-22,24,27,29-31,36,39,41,43-45,47-48,50-73H2,1-3H3/b10-7-,19-16-,26-23-,28-25-,34-32-,35-33-,38-37-,42-40-,49-46-. The number of hydrogen-bond acceptors (Lipinski definition) is 6.